The zero-order chi connectivity index (χ0) is 22.1. The van der Waals surface area contributed by atoms with Gasteiger partial charge in [-0.25, -0.2) is 9.97 Å². The maximum Gasteiger partial charge on any atom is 0.289 e. The maximum absolute atomic E-state index is 13.0. The first-order valence-corrected chi connectivity index (χ1v) is 9.73. The summed E-state index contributed by atoms with van der Waals surface area (Å²) in [5.74, 6) is 0.141. The second-order valence-electron chi connectivity index (χ2n) is 7.01. The Hall–Kier alpha value is -4.47. The summed E-state index contributed by atoms with van der Waals surface area (Å²) in [6, 6.07) is 13.0. The molecule has 2 aromatic carbocycles. The molecule has 1 N–H and O–H groups in total. The molecule has 1 atom stereocenters. The Morgan fingerprint density at radius 3 is 2.88 bits per heavy atom. The Kier molecular flexibility index (Phi) is 4.86. The molecule has 0 spiro atoms. The first-order chi connectivity index (χ1) is 15.6. The van der Waals surface area contributed by atoms with Gasteiger partial charge in [0.2, 0.25) is 11.7 Å². The molecule has 0 unspecified atom stereocenters. The van der Waals surface area contributed by atoms with Crippen LogP contribution in [-0.2, 0) is 4.79 Å². The fraction of sp³-hybridized carbons (Fsp3) is 0.136. The topological polar surface area (TPSA) is 120 Å². The van der Waals surface area contributed by atoms with Crippen LogP contribution in [0.5, 0.6) is 17.4 Å². The van der Waals surface area contributed by atoms with E-state index in [2.05, 4.69) is 20.3 Å². The lowest BCUT2D eigenvalue weighted by Gasteiger charge is -2.20. The highest BCUT2D eigenvalue weighted by Crippen LogP contribution is 2.34. The molecule has 0 radical (unpaired) electrons. The SMILES string of the molecule is CN1C(=O)[C@@H](NC(=O)c2nccc(Oc3ccccc3)n2)COc2cc3ncoc3cc21. The number of carbonyl (C=O) groups excluding carboxylic acids is 2. The zero-order valence-electron chi connectivity index (χ0n) is 16.9. The van der Waals surface area contributed by atoms with Crippen LogP contribution >= 0.6 is 0 Å². The number of benzene rings is 2. The summed E-state index contributed by atoms with van der Waals surface area (Å²) >= 11 is 0. The summed E-state index contributed by atoms with van der Waals surface area (Å²) < 4.78 is 16.7. The molecule has 0 aliphatic carbocycles. The van der Waals surface area contributed by atoms with Gasteiger partial charge >= 0.3 is 0 Å². The summed E-state index contributed by atoms with van der Waals surface area (Å²) in [5.41, 5.74) is 1.65. The van der Waals surface area contributed by atoms with Gasteiger partial charge in [0.15, 0.2) is 12.0 Å². The minimum atomic E-state index is -0.943. The van der Waals surface area contributed by atoms with Gasteiger partial charge in [0, 0.05) is 31.4 Å². The Morgan fingerprint density at radius 1 is 1.19 bits per heavy atom. The van der Waals surface area contributed by atoms with E-state index in [1.165, 1.54) is 23.6 Å². The van der Waals surface area contributed by atoms with Gasteiger partial charge in [-0.15, -0.1) is 0 Å². The fourth-order valence-electron chi connectivity index (χ4n) is 3.29. The molecular formula is C22H17N5O5. The number of amides is 2. The first kappa shape index (κ1) is 19.5. The predicted molar refractivity (Wildman–Crippen MR) is 113 cm³/mol. The number of nitrogens with zero attached hydrogens (tertiary/aromatic N) is 4. The van der Waals surface area contributed by atoms with E-state index < -0.39 is 11.9 Å². The van der Waals surface area contributed by atoms with Crippen molar-refractivity contribution in [1.29, 1.82) is 0 Å². The Labute approximate surface area is 181 Å². The quantitative estimate of drug-likeness (QED) is 0.524. The number of anilines is 1. The van der Waals surface area contributed by atoms with Gasteiger partial charge in [-0.3, -0.25) is 9.59 Å². The van der Waals surface area contributed by atoms with Crippen LogP contribution < -0.4 is 19.7 Å². The lowest BCUT2D eigenvalue weighted by Crippen LogP contribution is -2.49. The van der Waals surface area contributed by atoms with E-state index in [1.54, 1.807) is 31.3 Å². The second kappa shape index (κ2) is 7.99. The van der Waals surface area contributed by atoms with Crippen molar-refractivity contribution in [2.75, 3.05) is 18.6 Å². The number of nitrogens with one attached hydrogen (secondary N) is 1. The number of hydrogen-bond donors (Lipinski definition) is 1. The highest BCUT2D eigenvalue weighted by atomic mass is 16.5. The van der Waals surface area contributed by atoms with Crippen LogP contribution in [0.4, 0.5) is 5.69 Å². The number of aromatic nitrogens is 3. The predicted octanol–water partition coefficient (Wildman–Crippen LogP) is 2.56. The molecule has 2 aromatic heterocycles. The number of rotatable bonds is 4. The molecule has 1 aliphatic heterocycles. The first-order valence-electron chi connectivity index (χ1n) is 9.73. The van der Waals surface area contributed by atoms with E-state index in [0.717, 1.165) is 0 Å². The van der Waals surface area contributed by atoms with E-state index in [4.69, 9.17) is 13.9 Å². The number of likely N-dealkylation sites (N-methyl/N-ethyl adjacent to an activating group) is 1. The Bertz CT molecular complexity index is 1310. The molecule has 0 saturated heterocycles. The molecule has 10 heteroatoms. The van der Waals surface area contributed by atoms with Crippen LogP contribution in [0, 0.1) is 0 Å². The smallest absolute Gasteiger partial charge is 0.289 e. The van der Waals surface area contributed by atoms with Crippen molar-refractivity contribution in [3.8, 4) is 17.4 Å². The lowest BCUT2D eigenvalue weighted by atomic mass is 10.2. The lowest BCUT2D eigenvalue weighted by molar-refractivity contribution is -0.120. The highest BCUT2D eigenvalue weighted by Gasteiger charge is 2.32. The number of hydrogen-bond acceptors (Lipinski definition) is 8. The molecule has 5 rings (SSSR count). The van der Waals surface area contributed by atoms with E-state index in [-0.39, 0.29) is 24.2 Å². The van der Waals surface area contributed by atoms with Gasteiger partial charge in [0.25, 0.3) is 11.8 Å². The van der Waals surface area contributed by atoms with Crippen LogP contribution in [0.2, 0.25) is 0 Å². The third-order valence-electron chi connectivity index (χ3n) is 4.91. The van der Waals surface area contributed by atoms with Gasteiger partial charge < -0.3 is 24.1 Å². The number of para-hydroxylation sites is 1. The maximum atomic E-state index is 13.0. The van der Waals surface area contributed by atoms with Gasteiger partial charge in [0.1, 0.15) is 29.7 Å². The molecular weight excluding hydrogens is 414 g/mol. The van der Waals surface area contributed by atoms with Gasteiger partial charge in [-0.05, 0) is 12.1 Å². The van der Waals surface area contributed by atoms with E-state index in [0.29, 0.717) is 28.3 Å². The normalized spacial score (nSPS) is 15.6. The average molecular weight is 431 g/mol. The Balaban J connectivity index is 1.33. The standard InChI is InChI=1S/C22H17N5O5/c1-27-16-10-17-14(24-12-31-17)9-18(16)30-11-15(22(27)29)25-21(28)20-23-8-7-19(26-20)32-13-5-3-2-4-6-13/h2-10,12,15H,11H2,1H3,(H,25,28)/t15-/m0/s1. The molecule has 0 fully saturated rings. The van der Waals surface area contributed by atoms with Crippen molar-refractivity contribution in [2.45, 2.75) is 6.04 Å². The molecule has 2 amide bonds. The van der Waals surface area contributed by atoms with Crippen molar-refractivity contribution < 1.29 is 23.5 Å². The highest BCUT2D eigenvalue weighted by molar-refractivity contribution is 6.03. The summed E-state index contributed by atoms with van der Waals surface area (Å²) in [7, 11) is 1.60. The van der Waals surface area contributed by atoms with Gasteiger partial charge in [0.05, 0.1) is 5.69 Å². The molecule has 1 aliphatic rings. The van der Waals surface area contributed by atoms with Crippen molar-refractivity contribution >= 4 is 28.6 Å². The molecule has 0 saturated carbocycles. The molecule has 160 valence electrons. The van der Waals surface area contributed by atoms with E-state index >= 15 is 0 Å². The summed E-state index contributed by atoms with van der Waals surface area (Å²) in [6.07, 6.45) is 2.74. The summed E-state index contributed by atoms with van der Waals surface area (Å²) in [5, 5.41) is 2.64. The monoisotopic (exact) mass is 431 g/mol. The van der Waals surface area contributed by atoms with Gasteiger partial charge in [-0.2, -0.15) is 4.98 Å². The molecule has 3 heterocycles. The largest absolute Gasteiger partial charge is 0.489 e. The minimum Gasteiger partial charge on any atom is -0.489 e. The molecule has 4 aromatic rings. The van der Waals surface area contributed by atoms with Crippen LogP contribution in [0.15, 0.2) is 65.5 Å². The molecule has 32 heavy (non-hydrogen) atoms. The Morgan fingerprint density at radius 2 is 2.03 bits per heavy atom. The number of oxazole rings is 1. The van der Waals surface area contributed by atoms with Gasteiger partial charge in [-0.1, -0.05) is 18.2 Å². The average Bonchev–Trinajstić information content (AvgIpc) is 3.24. The van der Waals surface area contributed by atoms with Crippen LogP contribution in [-0.4, -0.2) is 46.5 Å². The second-order valence-corrected chi connectivity index (χ2v) is 7.01. The van der Waals surface area contributed by atoms with Crippen molar-refractivity contribution in [3.05, 3.63) is 66.9 Å². The van der Waals surface area contributed by atoms with Crippen LogP contribution in [0.3, 0.4) is 0 Å². The zero-order valence-corrected chi connectivity index (χ0v) is 16.9. The number of ether oxygens (including phenoxy) is 2. The summed E-state index contributed by atoms with van der Waals surface area (Å²) in [4.78, 5) is 39.4. The number of carbonyl (C=O) groups is 2. The molecule has 0 bridgehead atoms. The summed E-state index contributed by atoms with van der Waals surface area (Å²) in [6.45, 7) is -0.0640. The van der Waals surface area contributed by atoms with Crippen molar-refractivity contribution in [2.24, 2.45) is 0 Å². The molecule has 10 nitrogen and oxygen atoms in total. The number of fused-ring (bicyclic) bond motifs is 2. The third kappa shape index (κ3) is 3.69. The minimum absolute atomic E-state index is 0.0640. The van der Waals surface area contributed by atoms with E-state index in [1.807, 2.05) is 18.2 Å². The fourth-order valence-corrected chi connectivity index (χ4v) is 3.29. The van der Waals surface area contributed by atoms with Crippen LogP contribution in [0.25, 0.3) is 11.1 Å². The van der Waals surface area contributed by atoms with E-state index in [9.17, 15) is 9.59 Å². The van der Waals surface area contributed by atoms with Crippen molar-refractivity contribution in [3.63, 3.8) is 0 Å². The van der Waals surface area contributed by atoms with Crippen molar-refractivity contribution in [1.82, 2.24) is 20.3 Å². The third-order valence-corrected chi connectivity index (χ3v) is 4.91. The van der Waals surface area contributed by atoms with Crippen LogP contribution in [0.1, 0.15) is 10.6 Å².